The van der Waals surface area contributed by atoms with E-state index in [1.54, 1.807) is 0 Å². The van der Waals surface area contributed by atoms with E-state index in [-0.39, 0.29) is 42.2 Å². The summed E-state index contributed by atoms with van der Waals surface area (Å²) in [5.41, 5.74) is 0. The number of rotatable bonds is 16. The summed E-state index contributed by atoms with van der Waals surface area (Å²) in [5.74, 6) is 0. The maximum absolute atomic E-state index is 9.41. The van der Waals surface area contributed by atoms with Gasteiger partial charge in [0.05, 0.1) is 37.1 Å². The fourth-order valence-corrected chi connectivity index (χ4v) is 6.47. The van der Waals surface area contributed by atoms with Crippen molar-refractivity contribution in [3.8, 4) is 0 Å². The van der Waals surface area contributed by atoms with Crippen molar-refractivity contribution in [2.24, 2.45) is 0 Å². The van der Waals surface area contributed by atoms with E-state index in [4.69, 9.17) is 13.9 Å². The van der Waals surface area contributed by atoms with Crippen molar-refractivity contribution in [1.29, 1.82) is 0 Å². The largest absolute Gasteiger partial charge is 0.411 e. The maximum atomic E-state index is 9.41. The van der Waals surface area contributed by atoms with Gasteiger partial charge in [0.15, 0.2) is 8.32 Å². The molecule has 2 saturated heterocycles. The van der Waals surface area contributed by atoms with Gasteiger partial charge in [-0.2, -0.15) is 0 Å². The highest BCUT2D eigenvalue weighted by Gasteiger charge is 2.44. The molecule has 33 heavy (non-hydrogen) atoms. The molecule has 2 heterocycles. The molecule has 5 atom stereocenters. The smallest absolute Gasteiger partial charge is 0.192 e. The van der Waals surface area contributed by atoms with Crippen molar-refractivity contribution in [1.82, 2.24) is 0 Å². The average molecular weight is 485 g/mol. The van der Waals surface area contributed by atoms with Crippen LogP contribution in [0.5, 0.6) is 0 Å². The van der Waals surface area contributed by atoms with Gasteiger partial charge < -0.3 is 19.0 Å². The molecule has 0 aromatic carbocycles. The Morgan fingerprint density at radius 3 is 1.91 bits per heavy atom. The molecular weight excluding hydrogens is 428 g/mol. The standard InChI is InChI=1S/C28H56O4Si/c1-7-8-9-10-11-12-13-14-15-16-17-27(32-33(5,6)28(2,3)4)26-21-20-25(31-26)24-19-18-23(22-29)30-24/h23-27,29H,7-22H2,1-6H3/t23-,24-,25+,26+,27+/m0/s1. The Labute approximate surface area is 206 Å². The van der Waals surface area contributed by atoms with Crippen LogP contribution in [0.25, 0.3) is 0 Å². The van der Waals surface area contributed by atoms with Gasteiger partial charge >= 0.3 is 0 Å². The zero-order valence-corrected chi connectivity index (χ0v) is 23.9. The van der Waals surface area contributed by atoms with Crippen molar-refractivity contribution in [2.45, 2.75) is 173 Å². The first kappa shape index (κ1) is 29.3. The molecule has 2 aliphatic heterocycles. The lowest BCUT2D eigenvalue weighted by Gasteiger charge is -2.41. The summed E-state index contributed by atoms with van der Waals surface area (Å²) >= 11 is 0. The quantitative estimate of drug-likeness (QED) is 0.179. The second-order valence-electron chi connectivity index (χ2n) is 12.2. The van der Waals surface area contributed by atoms with Crippen LogP contribution in [0.15, 0.2) is 0 Å². The molecule has 0 unspecified atom stereocenters. The molecule has 0 amide bonds. The minimum absolute atomic E-state index is 0.00331. The summed E-state index contributed by atoms with van der Waals surface area (Å²) in [4.78, 5) is 0. The van der Waals surface area contributed by atoms with Crippen molar-refractivity contribution < 1.29 is 19.0 Å². The lowest BCUT2D eigenvalue weighted by Crippen LogP contribution is -2.47. The number of aliphatic hydroxyl groups is 1. The van der Waals surface area contributed by atoms with Crippen LogP contribution in [0.1, 0.15) is 124 Å². The van der Waals surface area contributed by atoms with Crippen molar-refractivity contribution in [3.63, 3.8) is 0 Å². The molecule has 0 aliphatic carbocycles. The Kier molecular flexibility index (Phi) is 12.9. The summed E-state index contributed by atoms with van der Waals surface area (Å²) in [5, 5.41) is 9.62. The summed E-state index contributed by atoms with van der Waals surface area (Å²) < 4.78 is 19.6. The van der Waals surface area contributed by atoms with E-state index in [1.165, 1.54) is 64.2 Å². The van der Waals surface area contributed by atoms with Gasteiger partial charge in [-0.05, 0) is 50.2 Å². The maximum Gasteiger partial charge on any atom is 0.192 e. The normalized spacial score (nSPS) is 27.4. The van der Waals surface area contributed by atoms with Gasteiger partial charge in [-0.1, -0.05) is 91.9 Å². The van der Waals surface area contributed by atoms with Crippen LogP contribution in [0, 0.1) is 0 Å². The van der Waals surface area contributed by atoms with Crippen LogP contribution in [0.2, 0.25) is 18.1 Å². The molecule has 0 aromatic rings. The zero-order valence-electron chi connectivity index (χ0n) is 22.9. The number of ether oxygens (including phenoxy) is 2. The molecule has 1 N–H and O–H groups in total. The van der Waals surface area contributed by atoms with E-state index >= 15 is 0 Å². The highest BCUT2D eigenvalue weighted by molar-refractivity contribution is 6.74. The van der Waals surface area contributed by atoms with Crippen LogP contribution in [-0.2, 0) is 13.9 Å². The Balaban J connectivity index is 1.79. The van der Waals surface area contributed by atoms with Crippen molar-refractivity contribution >= 4 is 8.32 Å². The second-order valence-corrected chi connectivity index (χ2v) is 17.0. The molecule has 4 nitrogen and oxygen atoms in total. The number of aliphatic hydroxyl groups excluding tert-OH is 1. The predicted molar refractivity (Wildman–Crippen MR) is 141 cm³/mol. The molecular formula is C28H56O4Si. The average Bonchev–Trinajstić information content (AvgIpc) is 3.42. The SMILES string of the molecule is CCCCCCCCCCCC[C@@H](O[Si](C)(C)C(C)(C)C)[C@H]1CC[C@H]([C@@H]2CC[C@@H](CO)O2)O1. The lowest BCUT2D eigenvalue weighted by molar-refractivity contribution is -0.0958. The monoisotopic (exact) mass is 484 g/mol. The fourth-order valence-electron chi connectivity index (χ4n) is 5.09. The van der Waals surface area contributed by atoms with Crippen molar-refractivity contribution in [2.75, 3.05) is 6.61 Å². The van der Waals surface area contributed by atoms with Gasteiger partial charge in [0.25, 0.3) is 0 Å². The summed E-state index contributed by atoms with van der Waals surface area (Å²) in [6, 6.07) is 0. The molecule has 2 rings (SSSR count). The number of hydrogen-bond donors (Lipinski definition) is 1. The van der Waals surface area contributed by atoms with Crippen LogP contribution in [0.3, 0.4) is 0 Å². The van der Waals surface area contributed by atoms with E-state index in [0.717, 1.165) is 32.1 Å². The molecule has 5 heteroatoms. The Bertz CT molecular complexity index is 519. The first-order valence-corrected chi connectivity index (χ1v) is 17.2. The summed E-state index contributed by atoms with van der Waals surface area (Å²) in [7, 11) is -1.85. The van der Waals surface area contributed by atoms with Crippen LogP contribution in [0.4, 0.5) is 0 Å². The van der Waals surface area contributed by atoms with Gasteiger partial charge in [-0.15, -0.1) is 0 Å². The van der Waals surface area contributed by atoms with Crippen LogP contribution < -0.4 is 0 Å². The molecule has 0 saturated carbocycles. The highest BCUT2D eigenvalue weighted by atomic mass is 28.4. The number of unbranched alkanes of at least 4 members (excludes halogenated alkanes) is 9. The lowest BCUT2D eigenvalue weighted by atomic mass is 10.0. The van der Waals surface area contributed by atoms with E-state index in [0.29, 0.717) is 0 Å². The Hall–Kier alpha value is 0.0569. The van der Waals surface area contributed by atoms with E-state index in [1.807, 2.05) is 0 Å². The van der Waals surface area contributed by atoms with Crippen LogP contribution in [-0.4, -0.2) is 50.6 Å². The van der Waals surface area contributed by atoms with Gasteiger partial charge in [-0.3, -0.25) is 0 Å². The van der Waals surface area contributed by atoms with Crippen molar-refractivity contribution in [3.05, 3.63) is 0 Å². The first-order valence-electron chi connectivity index (χ1n) is 14.3. The molecule has 2 fully saturated rings. The highest BCUT2D eigenvalue weighted by Crippen LogP contribution is 2.40. The molecule has 0 radical (unpaired) electrons. The van der Waals surface area contributed by atoms with Gasteiger partial charge in [0.2, 0.25) is 0 Å². The molecule has 0 bridgehead atoms. The second kappa shape index (κ2) is 14.6. The third-order valence-electron chi connectivity index (χ3n) is 8.35. The van der Waals surface area contributed by atoms with Gasteiger partial charge in [-0.25, -0.2) is 0 Å². The van der Waals surface area contributed by atoms with E-state index in [2.05, 4.69) is 40.8 Å². The summed E-state index contributed by atoms with van der Waals surface area (Å²) in [6.07, 6.45) is 19.6. The molecule has 2 aliphatic rings. The molecule has 0 aromatic heterocycles. The van der Waals surface area contributed by atoms with E-state index < -0.39 is 8.32 Å². The third kappa shape index (κ3) is 9.91. The first-order chi connectivity index (χ1) is 15.7. The van der Waals surface area contributed by atoms with Crippen LogP contribution >= 0.6 is 0 Å². The summed E-state index contributed by atoms with van der Waals surface area (Å²) in [6.45, 7) is 14.1. The molecule has 196 valence electrons. The van der Waals surface area contributed by atoms with E-state index in [9.17, 15) is 5.11 Å². The third-order valence-corrected chi connectivity index (χ3v) is 12.9. The zero-order chi connectivity index (χ0) is 24.3. The number of hydrogen-bond acceptors (Lipinski definition) is 4. The molecule has 0 spiro atoms. The minimum atomic E-state index is -1.85. The topological polar surface area (TPSA) is 47.9 Å². The van der Waals surface area contributed by atoms with Gasteiger partial charge in [0, 0.05) is 0 Å². The minimum Gasteiger partial charge on any atom is -0.411 e. The van der Waals surface area contributed by atoms with Gasteiger partial charge in [0.1, 0.15) is 0 Å². The Morgan fingerprint density at radius 2 is 1.36 bits per heavy atom. The predicted octanol–water partition coefficient (Wildman–Crippen LogP) is 7.78. The fraction of sp³-hybridized carbons (Fsp3) is 1.00. The Morgan fingerprint density at radius 1 is 0.818 bits per heavy atom.